The van der Waals surface area contributed by atoms with Crippen molar-refractivity contribution in [2.75, 3.05) is 14.2 Å². The van der Waals surface area contributed by atoms with Crippen molar-refractivity contribution in [2.45, 2.75) is 12.6 Å². The van der Waals surface area contributed by atoms with Gasteiger partial charge in [-0.1, -0.05) is 41.4 Å². The number of benzene rings is 2. The molecule has 0 radical (unpaired) electrons. The summed E-state index contributed by atoms with van der Waals surface area (Å²) >= 11 is 14.0. The Hall–Kier alpha value is -3.00. The van der Waals surface area contributed by atoms with Crippen molar-refractivity contribution in [3.63, 3.8) is 0 Å². The summed E-state index contributed by atoms with van der Waals surface area (Å²) in [4.78, 5) is 28.6. The minimum atomic E-state index is -0.808. The summed E-state index contributed by atoms with van der Waals surface area (Å²) in [6.45, 7) is 0.222. The molecule has 0 bridgehead atoms. The summed E-state index contributed by atoms with van der Waals surface area (Å²) in [7, 11) is 2.97. The van der Waals surface area contributed by atoms with Crippen LogP contribution in [0.4, 0.5) is 0 Å². The van der Waals surface area contributed by atoms with E-state index in [4.69, 9.17) is 32.7 Å². The normalized spacial score (nSPS) is 17.5. The molecule has 1 unspecified atom stereocenters. The second kappa shape index (κ2) is 9.47. The average molecular weight is 504 g/mol. The zero-order valence-corrected chi connectivity index (χ0v) is 20.0. The minimum Gasteiger partial charge on any atom is -0.507 e. The van der Waals surface area contributed by atoms with E-state index in [0.717, 1.165) is 4.88 Å². The minimum absolute atomic E-state index is 0.0426. The Morgan fingerprint density at radius 2 is 1.73 bits per heavy atom. The van der Waals surface area contributed by atoms with Crippen molar-refractivity contribution in [3.8, 4) is 11.5 Å². The first kappa shape index (κ1) is 23.2. The van der Waals surface area contributed by atoms with Gasteiger partial charge in [-0.05, 0) is 41.3 Å². The van der Waals surface area contributed by atoms with Crippen molar-refractivity contribution >= 4 is 52.0 Å². The van der Waals surface area contributed by atoms with Crippen LogP contribution in [-0.2, 0) is 16.1 Å². The summed E-state index contributed by atoms with van der Waals surface area (Å²) in [6.07, 6.45) is 0. The lowest BCUT2D eigenvalue weighted by molar-refractivity contribution is -0.140. The predicted molar refractivity (Wildman–Crippen MR) is 128 cm³/mol. The van der Waals surface area contributed by atoms with Gasteiger partial charge in [0.2, 0.25) is 0 Å². The lowest BCUT2D eigenvalue weighted by Crippen LogP contribution is -2.28. The number of halogens is 2. The standard InChI is InChI=1S/C24H19Cl2NO5S/c1-31-15-7-5-13(6-8-15)20-19(21(28)14-10-17(25)23(32-2)18(26)11-14)22(29)24(30)27(20)12-16-4-3-9-33-16/h3-11,20,28H,12H2,1-2H3/b21-19+. The molecule has 0 spiro atoms. The fraction of sp³-hybridized carbons (Fsp3) is 0.167. The largest absolute Gasteiger partial charge is 0.507 e. The number of hydrogen-bond acceptors (Lipinski definition) is 6. The van der Waals surface area contributed by atoms with E-state index in [1.54, 1.807) is 31.4 Å². The highest BCUT2D eigenvalue weighted by Gasteiger charge is 2.46. The Kier molecular flexibility index (Phi) is 6.65. The molecular formula is C24H19Cl2NO5S. The number of methoxy groups -OCH3 is 2. The van der Waals surface area contributed by atoms with Crippen LogP contribution in [-0.4, -0.2) is 35.9 Å². The van der Waals surface area contributed by atoms with Crippen LogP contribution in [0.1, 0.15) is 22.0 Å². The van der Waals surface area contributed by atoms with Crippen LogP contribution in [0.25, 0.3) is 5.76 Å². The van der Waals surface area contributed by atoms with Gasteiger partial charge in [-0.2, -0.15) is 0 Å². The Morgan fingerprint density at radius 1 is 1.06 bits per heavy atom. The lowest BCUT2D eigenvalue weighted by Gasteiger charge is -2.25. The molecule has 0 aliphatic carbocycles. The van der Waals surface area contributed by atoms with Crippen molar-refractivity contribution in [1.82, 2.24) is 4.90 Å². The molecule has 4 rings (SSSR count). The van der Waals surface area contributed by atoms with Gasteiger partial charge < -0.3 is 19.5 Å². The zero-order valence-electron chi connectivity index (χ0n) is 17.7. The number of Topliss-reactive ketones (excluding diaryl/α,β-unsaturated/α-hetero) is 1. The van der Waals surface area contributed by atoms with E-state index in [0.29, 0.717) is 11.3 Å². The fourth-order valence-corrected chi connectivity index (χ4v) is 5.14. The number of thiophene rings is 1. The van der Waals surface area contributed by atoms with E-state index in [1.807, 2.05) is 17.5 Å². The molecule has 1 saturated heterocycles. The zero-order chi connectivity index (χ0) is 23.7. The maximum Gasteiger partial charge on any atom is 0.295 e. The highest BCUT2D eigenvalue weighted by atomic mass is 35.5. The topological polar surface area (TPSA) is 76.1 Å². The highest BCUT2D eigenvalue weighted by Crippen LogP contribution is 2.43. The van der Waals surface area contributed by atoms with Gasteiger partial charge in [-0.15, -0.1) is 11.3 Å². The number of hydrogen-bond donors (Lipinski definition) is 1. The van der Waals surface area contributed by atoms with E-state index >= 15 is 0 Å². The molecule has 2 aromatic carbocycles. The van der Waals surface area contributed by atoms with Gasteiger partial charge in [0.1, 0.15) is 11.5 Å². The number of ether oxygens (including phenoxy) is 2. The second-order valence-electron chi connectivity index (χ2n) is 7.25. The first-order valence-electron chi connectivity index (χ1n) is 9.83. The van der Waals surface area contributed by atoms with Crippen molar-refractivity contribution < 1.29 is 24.2 Å². The molecule has 1 atom stereocenters. The third kappa shape index (κ3) is 4.31. The number of ketones is 1. The van der Waals surface area contributed by atoms with E-state index in [1.165, 1.54) is 35.5 Å². The summed E-state index contributed by atoms with van der Waals surface area (Å²) in [6, 6.07) is 12.8. The van der Waals surface area contributed by atoms with Crippen molar-refractivity contribution in [2.24, 2.45) is 0 Å². The van der Waals surface area contributed by atoms with Gasteiger partial charge in [0.25, 0.3) is 11.7 Å². The van der Waals surface area contributed by atoms with Gasteiger partial charge >= 0.3 is 0 Å². The van der Waals surface area contributed by atoms with Crippen molar-refractivity contribution in [3.05, 3.63) is 85.5 Å². The van der Waals surface area contributed by atoms with Crippen LogP contribution >= 0.6 is 34.5 Å². The number of nitrogens with zero attached hydrogens (tertiary/aromatic N) is 1. The number of carbonyl (C=O) groups excluding carboxylic acids is 2. The number of rotatable bonds is 6. The maximum absolute atomic E-state index is 13.1. The molecule has 1 N–H and O–H groups in total. The van der Waals surface area contributed by atoms with E-state index in [9.17, 15) is 14.7 Å². The molecular weight excluding hydrogens is 485 g/mol. The van der Waals surface area contributed by atoms with Crippen LogP contribution in [0, 0.1) is 0 Å². The molecule has 9 heteroatoms. The second-order valence-corrected chi connectivity index (χ2v) is 9.10. The summed E-state index contributed by atoms with van der Waals surface area (Å²) in [5.74, 6) is -0.971. The number of amides is 1. The van der Waals surface area contributed by atoms with Crippen molar-refractivity contribution in [1.29, 1.82) is 0 Å². The number of aliphatic hydroxyl groups is 1. The monoisotopic (exact) mass is 503 g/mol. The van der Waals surface area contributed by atoms with E-state index < -0.39 is 17.7 Å². The third-order valence-corrected chi connectivity index (χ3v) is 6.78. The molecule has 3 aromatic rings. The number of carbonyl (C=O) groups is 2. The van der Waals surface area contributed by atoms with Gasteiger partial charge in [-0.25, -0.2) is 0 Å². The first-order chi connectivity index (χ1) is 15.8. The van der Waals surface area contributed by atoms with Gasteiger partial charge in [-0.3, -0.25) is 9.59 Å². The van der Waals surface area contributed by atoms with Crippen LogP contribution in [0.15, 0.2) is 59.5 Å². The SMILES string of the molecule is COc1ccc(C2/C(=C(\O)c3cc(Cl)c(OC)c(Cl)c3)C(=O)C(=O)N2Cc2cccs2)cc1. The van der Waals surface area contributed by atoms with Gasteiger partial charge in [0.05, 0.1) is 42.4 Å². The Morgan fingerprint density at radius 3 is 2.27 bits per heavy atom. The van der Waals surface area contributed by atoms with E-state index in [2.05, 4.69) is 0 Å². The average Bonchev–Trinajstić information content (AvgIpc) is 3.41. The predicted octanol–water partition coefficient (Wildman–Crippen LogP) is 5.69. The molecule has 0 saturated carbocycles. The highest BCUT2D eigenvalue weighted by molar-refractivity contribution is 7.09. The quantitative estimate of drug-likeness (QED) is 0.265. The molecule has 6 nitrogen and oxygen atoms in total. The van der Waals surface area contributed by atoms with Crippen LogP contribution in [0.2, 0.25) is 10.0 Å². The Balaban J connectivity index is 1.88. The lowest BCUT2D eigenvalue weighted by atomic mass is 9.95. The number of aliphatic hydroxyl groups excluding tert-OH is 1. The van der Waals surface area contributed by atoms with Gasteiger partial charge in [0, 0.05) is 10.4 Å². The maximum atomic E-state index is 13.1. The fourth-order valence-electron chi connectivity index (χ4n) is 3.79. The molecule has 33 heavy (non-hydrogen) atoms. The van der Waals surface area contributed by atoms with Crippen LogP contribution < -0.4 is 9.47 Å². The number of likely N-dealkylation sites (tertiary alicyclic amines) is 1. The molecule has 2 heterocycles. The molecule has 1 aliphatic rings. The summed E-state index contributed by atoms with van der Waals surface area (Å²) in [5, 5.41) is 13.4. The smallest absolute Gasteiger partial charge is 0.295 e. The molecule has 1 amide bonds. The first-order valence-corrected chi connectivity index (χ1v) is 11.5. The van der Waals surface area contributed by atoms with Crippen LogP contribution in [0.5, 0.6) is 11.5 Å². The van der Waals surface area contributed by atoms with E-state index in [-0.39, 0.29) is 39.2 Å². The molecule has 170 valence electrons. The Labute approximate surface area is 204 Å². The Bertz CT molecular complexity index is 1220. The summed E-state index contributed by atoms with van der Waals surface area (Å²) in [5.41, 5.74) is 0.816. The molecule has 1 aliphatic heterocycles. The van der Waals surface area contributed by atoms with Crippen LogP contribution in [0.3, 0.4) is 0 Å². The molecule has 1 aromatic heterocycles. The third-order valence-electron chi connectivity index (χ3n) is 5.35. The molecule has 1 fully saturated rings. The summed E-state index contributed by atoms with van der Waals surface area (Å²) < 4.78 is 10.4. The van der Waals surface area contributed by atoms with Gasteiger partial charge in [0.15, 0.2) is 5.75 Å².